The molecule has 27 heavy (non-hydrogen) atoms. The largest absolute Gasteiger partial charge is 0.573 e. The number of sulfonamides is 1. The van der Waals surface area contributed by atoms with Crippen molar-refractivity contribution in [2.75, 3.05) is 20.6 Å². The molecule has 148 valence electrons. The fourth-order valence-corrected chi connectivity index (χ4v) is 3.67. The summed E-state index contributed by atoms with van der Waals surface area (Å²) < 4.78 is 68.4. The maximum atomic E-state index is 12.7. The summed E-state index contributed by atoms with van der Waals surface area (Å²) in [5.41, 5.74) is 1.83. The second kappa shape index (κ2) is 8.28. The van der Waals surface area contributed by atoms with Gasteiger partial charge in [-0.15, -0.1) is 13.2 Å². The fraction of sp³-hybridized carbons (Fsp3) is 0.333. The van der Waals surface area contributed by atoms with Gasteiger partial charge in [-0.05, 0) is 50.8 Å². The Bertz CT molecular complexity index is 849. The molecule has 2 aromatic rings. The van der Waals surface area contributed by atoms with Gasteiger partial charge in [-0.2, -0.15) is 0 Å². The molecule has 0 unspecified atom stereocenters. The van der Waals surface area contributed by atoms with Crippen molar-refractivity contribution >= 4 is 10.0 Å². The first kappa shape index (κ1) is 21.2. The van der Waals surface area contributed by atoms with Gasteiger partial charge < -0.3 is 9.64 Å². The zero-order valence-corrected chi connectivity index (χ0v) is 15.9. The van der Waals surface area contributed by atoms with Crippen molar-refractivity contribution in [1.82, 2.24) is 9.62 Å². The third-order valence-electron chi connectivity index (χ3n) is 3.69. The lowest BCUT2D eigenvalue weighted by molar-refractivity contribution is -0.274. The molecule has 0 fully saturated rings. The number of nitrogens with one attached hydrogen (secondary N) is 1. The van der Waals surface area contributed by atoms with E-state index in [0.29, 0.717) is 6.54 Å². The number of hydrogen-bond acceptors (Lipinski definition) is 4. The maximum absolute atomic E-state index is 12.7. The Hall–Kier alpha value is -2.10. The van der Waals surface area contributed by atoms with Crippen LogP contribution in [0.15, 0.2) is 53.4 Å². The highest BCUT2D eigenvalue weighted by atomic mass is 32.2. The van der Waals surface area contributed by atoms with E-state index >= 15 is 0 Å². The molecule has 1 N–H and O–H groups in total. The van der Waals surface area contributed by atoms with E-state index in [1.54, 1.807) is 0 Å². The van der Waals surface area contributed by atoms with Crippen LogP contribution >= 0.6 is 0 Å². The van der Waals surface area contributed by atoms with Gasteiger partial charge in [-0.1, -0.05) is 29.8 Å². The number of likely N-dealkylation sites (N-methyl/N-ethyl adjacent to an activating group) is 1. The molecular formula is C18H21F3N2O3S. The van der Waals surface area contributed by atoms with E-state index in [4.69, 9.17) is 0 Å². The van der Waals surface area contributed by atoms with E-state index in [0.717, 1.165) is 35.4 Å². The second-order valence-electron chi connectivity index (χ2n) is 6.37. The Kier molecular flexibility index (Phi) is 6.50. The van der Waals surface area contributed by atoms with Crippen LogP contribution in [-0.4, -0.2) is 40.3 Å². The summed E-state index contributed by atoms with van der Waals surface area (Å²) in [4.78, 5) is 1.70. The third-order valence-corrected chi connectivity index (χ3v) is 5.18. The monoisotopic (exact) mass is 402 g/mol. The van der Waals surface area contributed by atoms with Crippen LogP contribution in [0.4, 0.5) is 13.2 Å². The summed E-state index contributed by atoms with van der Waals surface area (Å²) in [6.45, 7) is 2.34. The first-order chi connectivity index (χ1) is 12.5. The number of aryl methyl sites for hydroxylation is 1. The van der Waals surface area contributed by atoms with Gasteiger partial charge in [0.1, 0.15) is 5.75 Å². The lowest BCUT2D eigenvalue weighted by Gasteiger charge is -2.23. The molecule has 0 aromatic heterocycles. The highest BCUT2D eigenvalue weighted by molar-refractivity contribution is 7.89. The number of hydrogen-bond donors (Lipinski definition) is 1. The Labute approximate surface area is 156 Å². The predicted octanol–water partition coefficient (Wildman–Crippen LogP) is 3.47. The van der Waals surface area contributed by atoms with Crippen LogP contribution in [0.2, 0.25) is 0 Å². The van der Waals surface area contributed by atoms with Crippen LogP contribution in [-0.2, 0) is 10.0 Å². The molecular weight excluding hydrogens is 381 g/mol. The fourth-order valence-electron chi connectivity index (χ4n) is 2.45. The van der Waals surface area contributed by atoms with Crippen molar-refractivity contribution in [3.8, 4) is 5.75 Å². The summed E-state index contributed by atoms with van der Waals surface area (Å²) in [5, 5.41) is 0. The van der Waals surface area contributed by atoms with Crippen LogP contribution in [0, 0.1) is 6.92 Å². The van der Waals surface area contributed by atoms with Crippen molar-refractivity contribution in [1.29, 1.82) is 0 Å². The molecule has 9 heteroatoms. The topological polar surface area (TPSA) is 58.6 Å². The molecule has 0 aliphatic carbocycles. The summed E-state index contributed by atoms with van der Waals surface area (Å²) in [7, 11) is -0.301. The normalized spacial score (nSPS) is 13.6. The summed E-state index contributed by atoms with van der Waals surface area (Å²) in [6, 6.07) is 11.0. The standard InChI is InChI=1S/C18H21F3N2O3S/c1-13-4-6-14(7-5-13)17(12-23(2)3)22-27(24,25)16-10-8-15(9-11-16)26-18(19,20)21/h4-11,17,22H,12H2,1-3H3/t17-/m1/s1. The minimum absolute atomic E-state index is 0.145. The van der Waals surface area contributed by atoms with E-state index in [-0.39, 0.29) is 4.90 Å². The van der Waals surface area contributed by atoms with Crippen LogP contribution in [0.25, 0.3) is 0 Å². The Balaban J connectivity index is 2.23. The molecule has 1 atom stereocenters. The van der Waals surface area contributed by atoms with Crippen LogP contribution in [0.1, 0.15) is 17.2 Å². The molecule has 0 spiro atoms. The van der Waals surface area contributed by atoms with E-state index in [9.17, 15) is 21.6 Å². The quantitative estimate of drug-likeness (QED) is 0.771. The molecule has 0 bridgehead atoms. The molecule has 0 heterocycles. The van der Waals surface area contributed by atoms with Crippen molar-refractivity contribution in [2.45, 2.75) is 24.2 Å². The molecule has 5 nitrogen and oxygen atoms in total. The van der Waals surface area contributed by atoms with Gasteiger partial charge in [0.25, 0.3) is 0 Å². The number of rotatable bonds is 7. The van der Waals surface area contributed by atoms with E-state index < -0.39 is 28.2 Å². The molecule has 2 aromatic carbocycles. The van der Waals surface area contributed by atoms with Gasteiger partial charge in [0.05, 0.1) is 10.9 Å². The van der Waals surface area contributed by atoms with Crippen LogP contribution in [0.5, 0.6) is 5.75 Å². The predicted molar refractivity (Wildman–Crippen MR) is 95.9 cm³/mol. The van der Waals surface area contributed by atoms with Crippen molar-refractivity contribution in [3.05, 3.63) is 59.7 Å². The summed E-state index contributed by atoms with van der Waals surface area (Å²) in [6.07, 6.45) is -4.83. The van der Waals surface area contributed by atoms with E-state index in [1.165, 1.54) is 0 Å². The summed E-state index contributed by atoms with van der Waals surface area (Å²) >= 11 is 0. The first-order valence-electron chi connectivity index (χ1n) is 8.06. The summed E-state index contributed by atoms with van der Waals surface area (Å²) in [5.74, 6) is -0.482. The average molecular weight is 402 g/mol. The van der Waals surface area contributed by atoms with E-state index in [2.05, 4.69) is 9.46 Å². The molecule has 0 radical (unpaired) electrons. The van der Waals surface area contributed by atoms with Crippen molar-refractivity contribution in [2.24, 2.45) is 0 Å². The van der Waals surface area contributed by atoms with Crippen molar-refractivity contribution < 1.29 is 26.3 Å². The number of halogens is 3. The van der Waals surface area contributed by atoms with Crippen LogP contribution < -0.4 is 9.46 Å². The number of benzene rings is 2. The van der Waals surface area contributed by atoms with Gasteiger partial charge in [-0.25, -0.2) is 13.1 Å². The number of nitrogens with zero attached hydrogens (tertiary/aromatic N) is 1. The van der Waals surface area contributed by atoms with E-state index in [1.807, 2.05) is 50.2 Å². The zero-order chi connectivity index (χ0) is 20.2. The first-order valence-corrected chi connectivity index (χ1v) is 9.54. The lowest BCUT2D eigenvalue weighted by Crippen LogP contribution is -2.35. The van der Waals surface area contributed by atoms with Gasteiger partial charge in [0, 0.05) is 6.54 Å². The maximum Gasteiger partial charge on any atom is 0.573 e. The highest BCUT2D eigenvalue weighted by Crippen LogP contribution is 2.25. The zero-order valence-electron chi connectivity index (χ0n) is 15.1. The molecule has 0 aliphatic rings. The minimum atomic E-state index is -4.83. The van der Waals surface area contributed by atoms with Crippen LogP contribution in [0.3, 0.4) is 0 Å². The van der Waals surface area contributed by atoms with Gasteiger partial charge in [0.2, 0.25) is 10.0 Å². The number of ether oxygens (including phenoxy) is 1. The number of alkyl halides is 3. The van der Waals surface area contributed by atoms with Gasteiger partial charge in [-0.3, -0.25) is 0 Å². The minimum Gasteiger partial charge on any atom is -0.406 e. The average Bonchev–Trinajstić information content (AvgIpc) is 2.53. The molecule has 0 aliphatic heterocycles. The Morgan fingerprint density at radius 2 is 1.59 bits per heavy atom. The molecule has 0 saturated carbocycles. The Morgan fingerprint density at radius 3 is 2.07 bits per heavy atom. The SMILES string of the molecule is Cc1ccc([C@@H](CN(C)C)NS(=O)(=O)c2ccc(OC(F)(F)F)cc2)cc1. The van der Waals surface area contributed by atoms with Gasteiger partial charge >= 0.3 is 6.36 Å². The second-order valence-corrected chi connectivity index (χ2v) is 8.08. The highest BCUT2D eigenvalue weighted by Gasteiger charge is 2.31. The third kappa shape index (κ3) is 6.53. The van der Waals surface area contributed by atoms with Crippen molar-refractivity contribution in [3.63, 3.8) is 0 Å². The Morgan fingerprint density at radius 1 is 1.04 bits per heavy atom. The molecule has 0 amide bonds. The lowest BCUT2D eigenvalue weighted by atomic mass is 10.1. The smallest absolute Gasteiger partial charge is 0.406 e. The van der Waals surface area contributed by atoms with Gasteiger partial charge in [0.15, 0.2) is 0 Å². The molecule has 0 saturated heterocycles. The molecule has 2 rings (SSSR count).